The van der Waals surface area contributed by atoms with Crippen LogP contribution in [0.2, 0.25) is 0 Å². The normalized spacial score (nSPS) is 15.0. The van der Waals surface area contributed by atoms with Gasteiger partial charge in [0.1, 0.15) is 16.5 Å². The minimum absolute atomic E-state index is 0.0399. The molecule has 0 unspecified atom stereocenters. The number of piperazine rings is 1. The van der Waals surface area contributed by atoms with Crippen LogP contribution in [0, 0.1) is 0 Å². The van der Waals surface area contributed by atoms with Crippen LogP contribution in [0.25, 0.3) is 11.5 Å². The first kappa shape index (κ1) is 18.7. The van der Waals surface area contributed by atoms with Crippen LogP contribution in [0.15, 0.2) is 52.5 Å². The minimum atomic E-state index is 0.0399. The fourth-order valence-electron chi connectivity index (χ4n) is 3.32. The molecule has 0 saturated carbocycles. The highest BCUT2D eigenvalue weighted by Gasteiger charge is 2.24. The van der Waals surface area contributed by atoms with Crippen LogP contribution < -0.4 is 4.74 Å². The SMILES string of the molecule is CCOc1ccccc1C(=O)N1CCN(Cc2nc(-c3ccco3)cs2)CC1. The molecule has 3 heterocycles. The van der Waals surface area contributed by atoms with Gasteiger partial charge in [-0.15, -0.1) is 11.3 Å². The number of furan rings is 1. The van der Waals surface area contributed by atoms with Gasteiger partial charge >= 0.3 is 0 Å². The van der Waals surface area contributed by atoms with Crippen LogP contribution in [-0.2, 0) is 6.54 Å². The molecule has 28 heavy (non-hydrogen) atoms. The second kappa shape index (κ2) is 8.58. The maximum Gasteiger partial charge on any atom is 0.257 e. The number of ether oxygens (including phenoxy) is 1. The van der Waals surface area contributed by atoms with Crippen molar-refractivity contribution in [2.75, 3.05) is 32.8 Å². The van der Waals surface area contributed by atoms with Crippen molar-refractivity contribution in [3.8, 4) is 17.2 Å². The molecule has 3 aromatic rings. The van der Waals surface area contributed by atoms with Crippen LogP contribution >= 0.6 is 11.3 Å². The lowest BCUT2D eigenvalue weighted by Gasteiger charge is -2.34. The minimum Gasteiger partial charge on any atom is -0.493 e. The van der Waals surface area contributed by atoms with Crippen molar-refractivity contribution >= 4 is 17.2 Å². The van der Waals surface area contributed by atoms with Crippen LogP contribution in [0.4, 0.5) is 0 Å². The number of nitrogens with zero attached hydrogens (tertiary/aromatic N) is 3. The van der Waals surface area contributed by atoms with Crippen LogP contribution in [-0.4, -0.2) is 53.5 Å². The van der Waals surface area contributed by atoms with E-state index in [9.17, 15) is 4.79 Å². The molecular formula is C21H23N3O3S. The van der Waals surface area contributed by atoms with Gasteiger partial charge in [-0.05, 0) is 31.2 Å². The quantitative estimate of drug-likeness (QED) is 0.634. The van der Waals surface area contributed by atoms with Gasteiger partial charge in [-0.1, -0.05) is 12.1 Å². The number of thiazole rings is 1. The fourth-order valence-corrected chi connectivity index (χ4v) is 4.14. The van der Waals surface area contributed by atoms with Crippen molar-refractivity contribution in [3.05, 3.63) is 58.6 Å². The highest BCUT2D eigenvalue weighted by atomic mass is 32.1. The first-order valence-corrected chi connectivity index (χ1v) is 10.3. The summed E-state index contributed by atoms with van der Waals surface area (Å²) in [6.45, 7) is 6.34. The molecule has 6 nitrogen and oxygen atoms in total. The maximum atomic E-state index is 12.9. The molecule has 0 atom stereocenters. The molecule has 1 fully saturated rings. The molecule has 146 valence electrons. The molecule has 2 aromatic heterocycles. The number of hydrogen-bond acceptors (Lipinski definition) is 6. The number of amides is 1. The maximum absolute atomic E-state index is 12.9. The molecule has 0 radical (unpaired) electrons. The lowest BCUT2D eigenvalue weighted by atomic mass is 10.1. The molecule has 1 amide bonds. The van der Waals surface area contributed by atoms with E-state index in [-0.39, 0.29) is 5.91 Å². The molecule has 1 aromatic carbocycles. The number of rotatable bonds is 6. The summed E-state index contributed by atoms with van der Waals surface area (Å²) in [5.41, 5.74) is 1.52. The van der Waals surface area contributed by atoms with Gasteiger partial charge in [0.05, 0.1) is 25.0 Å². The molecule has 0 aliphatic carbocycles. The lowest BCUT2D eigenvalue weighted by Crippen LogP contribution is -2.48. The van der Waals surface area contributed by atoms with Crippen molar-refractivity contribution < 1.29 is 13.9 Å². The Hall–Kier alpha value is -2.64. The van der Waals surface area contributed by atoms with Crippen LogP contribution in [0.5, 0.6) is 5.75 Å². The van der Waals surface area contributed by atoms with Gasteiger partial charge in [0, 0.05) is 31.6 Å². The van der Waals surface area contributed by atoms with E-state index in [0.29, 0.717) is 31.0 Å². The first-order valence-electron chi connectivity index (χ1n) is 9.46. The third-order valence-corrected chi connectivity index (χ3v) is 5.59. The van der Waals surface area contributed by atoms with E-state index >= 15 is 0 Å². The van der Waals surface area contributed by atoms with Gasteiger partial charge in [0.25, 0.3) is 5.91 Å². The van der Waals surface area contributed by atoms with E-state index in [0.717, 1.165) is 36.1 Å². The van der Waals surface area contributed by atoms with Gasteiger partial charge in [-0.2, -0.15) is 0 Å². The summed E-state index contributed by atoms with van der Waals surface area (Å²) in [5, 5.41) is 3.09. The average molecular weight is 398 g/mol. The molecule has 1 aliphatic heterocycles. The Balaban J connectivity index is 1.34. The van der Waals surface area contributed by atoms with Crippen molar-refractivity contribution in [2.45, 2.75) is 13.5 Å². The smallest absolute Gasteiger partial charge is 0.257 e. The topological polar surface area (TPSA) is 58.8 Å². The zero-order chi connectivity index (χ0) is 19.3. The van der Waals surface area contributed by atoms with E-state index < -0.39 is 0 Å². The summed E-state index contributed by atoms with van der Waals surface area (Å²) >= 11 is 1.64. The number of para-hydroxylation sites is 1. The highest BCUT2D eigenvalue weighted by Crippen LogP contribution is 2.24. The van der Waals surface area contributed by atoms with E-state index in [1.54, 1.807) is 17.6 Å². The predicted molar refractivity (Wildman–Crippen MR) is 109 cm³/mol. The van der Waals surface area contributed by atoms with Crippen LogP contribution in [0.1, 0.15) is 22.3 Å². The Labute approximate surface area is 168 Å². The Bertz CT molecular complexity index is 915. The van der Waals surface area contributed by atoms with E-state index in [1.807, 2.05) is 53.6 Å². The molecular weight excluding hydrogens is 374 g/mol. The summed E-state index contributed by atoms with van der Waals surface area (Å²) in [6, 6.07) is 11.3. The zero-order valence-corrected chi connectivity index (χ0v) is 16.7. The number of benzene rings is 1. The van der Waals surface area contributed by atoms with Gasteiger partial charge in [0.15, 0.2) is 5.76 Å². The molecule has 7 heteroatoms. The number of aromatic nitrogens is 1. The van der Waals surface area contributed by atoms with Crippen molar-refractivity contribution in [1.29, 1.82) is 0 Å². The largest absolute Gasteiger partial charge is 0.493 e. The molecule has 1 saturated heterocycles. The third-order valence-electron chi connectivity index (χ3n) is 4.76. The second-order valence-electron chi connectivity index (χ2n) is 6.60. The Morgan fingerprint density at radius 3 is 2.75 bits per heavy atom. The van der Waals surface area contributed by atoms with Crippen molar-refractivity contribution in [2.24, 2.45) is 0 Å². The second-order valence-corrected chi connectivity index (χ2v) is 7.54. The number of carbonyl (C=O) groups is 1. The zero-order valence-electron chi connectivity index (χ0n) is 15.8. The predicted octanol–water partition coefficient (Wildman–Crippen LogP) is 3.76. The molecule has 0 N–H and O–H groups in total. The lowest BCUT2D eigenvalue weighted by molar-refractivity contribution is 0.0624. The monoisotopic (exact) mass is 397 g/mol. The van der Waals surface area contributed by atoms with Gasteiger partial charge in [0.2, 0.25) is 0 Å². The van der Waals surface area contributed by atoms with E-state index in [2.05, 4.69) is 9.88 Å². The van der Waals surface area contributed by atoms with Crippen LogP contribution in [0.3, 0.4) is 0 Å². The first-order chi connectivity index (χ1) is 13.7. The average Bonchev–Trinajstić information content (AvgIpc) is 3.41. The molecule has 0 bridgehead atoms. The summed E-state index contributed by atoms with van der Waals surface area (Å²) < 4.78 is 11.0. The van der Waals surface area contributed by atoms with Gasteiger partial charge in [-0.25, -0.2) is 4.98 Å². The van der Waals surface area contributed by atoms with E-state index in [4.69, 9.17) is 9.15 Å². The van der Waals surface area contributed by atoms with Crippen molar-refractivity contribution in [3.63, 3.8) is 0 Å². The molecule has 4 rings (SSSR count). The highest BCUT2D eigenvalue weighted by molar-refractivity contribution is 7.09. The Kier molecular flexibility index (Phi) is 5.73. The fraction of sp³-hybridized carbons (Fsp3) is 0.333. The Morgan fingerprint density at radius 1 is 1.18 bits per heavy atom. The van der Waals surface area contributed by atoms with Crippen molar-refractivity contribution in [1.82, 2.24) is 14.8 Å². The molecule has 1 aliphatic rings. The molecule has 0 spiro atoms. The Morgan fingerprint density at radius 2 is 2.00 bits per heavy atom. The summed E-state index contributed by atoms with van der Waals surface area (Å²) in [7, 11) is 0. The standard InChI is InChI=1S/C21H23N3O3S/c1-2-26-18-7-4-3-6-16(18)21(25)24-11-9-23(10-12-24)14-20-22-17(15-28-20)19-8-5-13-27-19/h3-8,13,15H,2,9-12,14H2,1H3. The van der Waals surface area contributed by atoms with E-state index in [1.165, 1.54) is 0 Å². The van der Waals surface area contributed by atoms with Gasteiger partial charge < -0.3 is 14.1 Å². The summed E-state index contributed by atoms with van der Waals surface area (Å²) in [5.74, 6) is 1.50. The summed E-state index contributed by atoms with van der Waals surface area (Å²) in [6.07, 6.45) is 1.66. The van der Waals surface area contributed by atoms with Gasteiger partial charge in [-0.3, -0.25) is 9.69 Å². The third kappa shape index (κ3) is 4.10. The number of hydrogen-bond donors (Lipinski definition) is 0. The summed E-state index contributed by atoms with van der Waals surface area (Å²) in [4.78, 5) is 21.8. The number of carbonyl (C=O) groups excluding carboxylic acids is 1.